The first kappa shape index (κ1) is 12.6. The van der Waals surface area contributed by atoms with Crippen LogP contribution in [0.25, 0.3) is 11.2 Å². The molecule has 6 heteroatoms. The van der Waals surface area contributed by atoms with E-state index in [4.69, 9.17) is 9.72 Å². The molecule has 104 valence electrons. The van der Waals surface area contributed by atoms with Gasteiger partial charge in [-0.3, -0.25) is 4.90 Å². The Balaban J connectivity index is 1.81. The van der Waals surface area contributed by atoms with Crippen LogP contribution in [0.4, 0.5) is 0 Å². The van der Waals surface area contributed by atoms with Crippen molar-refractivity contribution in [2.24, 2.45) is 7.05 Å². The van der Waals surface area contributed by atoms with Crippen molar-refractivity contribution in [3.05, 3.63) is 12.0 Å². The molecule has 3 heterocycles. The van der Waals surface area contributed by atoms with Gasteiger partial charge < -0.3 is 9.72 Å². The first-order valence-electron chi connectivity index (χ1n) is 6.74. The van der Waals surface area contributed by atoms with E-state index in [-0.39, 0.29) is 5.41 Å². The standard InChI is InChI=1S/C13H21N5O/c1-13(2,9-18-4-6-19-7-5-18)12-15-10-8-14-17(3)11(10)16-12/h8H,4-7,9H2,1-3H3,(H,15,16). The van der Waals surface area contributed by atoms with Gasteiger partial charge in [-0.1, -0.05) is 13.8 Å². The van der Waals surface area contributed by atoms with Gasteiger partial charge in [-0.15, -0.1) is 0 Å². The fourth-order valence-electron chi connectivity index (χ4n) is 2.63. The van der Waals surface area contributed by atoms with E-state index in [2.05, 4.69) is 28.8 Å². The molecular formula is C13H21N5O. The number of H-pyrrole nitrogens is 1. The number of nitrogens with one attached hydrogen (secondary N) is 1. The maximum Gasteiger partial charge on any atom is 0.176 e. The summed E-state index contributed by atoms with van der Waals surface area (Å²) in [6.45, 7) is 9.13. The second-order valence-corrected chi connectivity index (χ2v) is 5.86. The number of fused-ring (bicyclic) bond motifs is 1. The van der Waals surface area contributed by atoms with E-state index in [1.807, 2.05) is 13.2 Å². The highest BCUT2D eigenvalue weighted by Crippen LogP contribution is 2.24. The minimum atomic E-state index is -0.00361. The summed E-state index contributed by atoms with van der Waals surface area (Å²) in [4.78, 5) is 10.5. The van der Waals surface area contributed by atoms with Crippen molar-refractivity contribution in [3.63, 3.8) is 0 Å². The number of rotatable bonds is 3. The lowest BCUT2D eigenvalue weighted by Crippen LogP contribution is -2.43. The largest absolute Gasteiger partial charge is 0.379 e. The fraction of sp³-hybridized carbons (Fsp3) is 0.692. The van der Waals surface area contributed by atoms with Crippen molar-refractivity contribution in [2.45, 2.75) is 19.3 Å². The quantitative estimate of drug-likeness (QED) is 0.894. The maximum atomic E-state index is 5.39. The highest BCUT2D eigenvalue weighted by molar-refractivity contribution is 5.70. The van der Waals surface area contributed by atoms with Crippen LogP contribution in [0, 0.1) is 0 Å². The molecule has 0 aliphatic carbocycles. The van der Waals surface area contributed by atoms with Crippen LogP contribution in [0.1, 0.15) is 19.7 Å². The van der Waals surface area contributed by atoms with Crippen molar-refractivity contribution < 1.29 is 4.74 Å². The molecule has 1 aliphatic heterocycles. The number of morpholine rings is 1. The van der Waals surface area contributed by atoms with Crippen LogP contribution in [-0.4, -0.2) is 57.5 Å². The number of hydrogen-bond acceptors (Lipinski definition) is 4. The van der Waals surface area contributed by atoms with Crippen LogP contribution in [0.15, 0.2) is 6.20 Å². The summed E-state index contributed by atoms with van der Waals surface area (Å²) in [6, 6.07) is 0. The van der Waals surface area contributed by atoms with Crippen LogP contribution < -0.4 is 0 Å². The highest BCUT2D eigenvalue weighted by Gasteiger charge is 2.28. The van der Waals surface area contributed by atoms with Gasteiger partial charge >= 0.3 is 0 Å². The van der Waals surface area contributed by atoms with Gasteiger partial charge in [0.25, 0.3) is 0 Å². The molecule has 1 fully saturated rings. The third-order valence-corrected chi connectivity index (χ3v) is 3.74. The second kappa shape index (κ2) is 4.61. The van der Waals surface area contributed by atoms with Gasteiger partial charge in [0.05, 0.1) is 19.4 Å². The third-order valence-electron chi connectivity index (χ3n) is 3.74. The molecule has 2 aromatic rings. The fourth-order valence-corrected chi connectivity index (χ4v) is 2.63. The predicted molar refractivity (Wildman–Crippen MR) is 73.1 cm³/mol. The maximum absolute atomic E-state index is 5.39. The van der Waals surface area contributed by atoms with Gasteiger partial charge in [-0.25, -0.2) is 9.67 Å². The Labute approximate surface area is 112 Å². The zero-order valence-corrected chi connectivity index (χ0v) is 11.8. The van der Waals surface area contributed by atoms with Crippen molar-refractivity contribution in [3.8, 4) is 0 Å². The van der Waals surface area contributed by atoms with Gasteiger partial charge in [0.1, 0.15) is 11.3 Å². The van der Waals surface area contributed by atoms with E-state index in [0.29, 0.717) is 0 Å². The SMILES string of the molecule is Cn1ncc2[nH]c(C(C)(C)CN3CCOCC3)nc21. The van der Waals surface area contributed by atoms with Crippen LogP contribution in [0.3, 0.4) is 0 Å². The Morgan fingerprint density at radius 2 is 2.11 bits per heavy atom. The average Bonchev–Trinajstić information content (AvgIpc) is 2.93. The summed E-state index contributed by atoms with van der Waals surface area (Å²) in [5, 5.41) is 4.19. The molecule has 0 unspecified atom stereocenters. The molecule has 0 radical (unpaired) electrons. The first-order chi connectivity index (χ1) is 9.06. The van der Waals surface area contributed by atoms with E-state index < -0.39 is 0 Å². The van der Waals surface area contributed by atoms with Crippen molar-refractivity contribution in [1.82, 2.24) is 24.6 Å². The van der Waals surface area contributed by atoms with E-state index in [1.165, 1.54) is 0 Å². The summed E-state index contributed by atoms with van der Waals surface area (Å²) in [5.74, 6) is 1.03. The van der Waals surface area contributed by atoms with Crippen molar-refractivity contribution >= 4 is 11.2 Å². The molecular weight excluding hydrogens is 242 g/mol. The zero-order valence-electron chi connectivity index (χ0n) is 11.8. The zero-order chi connectivity index (χ0) is 13.5. The molecule has 0 bridgehead atoms. The Bertz CT molecular complexity index is 565. The van der Waals surface area contributed by atoms with Crippen LogP contribution in [0.2, 0.25) is 0 Å². The third kappa shape index (κ3) is 2.37. The molecule has 0 atom stereocenters. The lowest BCUT2D eigenvalue weighted by atomic mass is 9.91. The summed E-state index contributed by atoms with van der Waals surface area (Å²) >= 11 is 0. The number of aromatic nitrogens is 4. The molecule has 1 saturated heterocycles. The molecule has 19 heavy (non-hydrogen) atoms. The molecule has 1 N–H and O–H groups in total. The Morgan fingerprint density at radius 1 is 1.37 bits per heavy atom. The van der Waals surface area contributed by atoms with E-state index in [0.717, 1.165) is 49.8 Å². The predicted octanol–water partition coefficient (Wildman–Crippen LogP) is 0.906. The molecule has 3 rings (SSSR count). The summed E-state index contributed by atoms with van der Waals surface area (Å²) in [7, 11) is 1.92. The van der Waals surface area contributed by atoms with E-state index in [1.54, 1.807) is 4.68 Å². The summed E-state index contributed by atoms with van der Waals surface area (Å²) in [5.41, 5.74) is 1.92. The first-order valence-corrected chi connectivity index (χ1v) is 6.74. The number of aryl methyl sites for hydroxylation is 1. The minimum absolute atomic E-state index is 0.00361. The Morgan fingerprint density at radius 3 is 2.79 bits per heavy atom. The monoisotopic (exact) mass is 263 g/mol. The van der Waals surface area contributed by atoms with Crippen LogP contribution >= 0.6 is 0 Å². The second-order valence-electron chi connectivity index (χ2n) is 5.86. The van der Waals surface area contributed by atoms with E-state index >= 15 is 0 Å². The number of nitrogens with zero attached hydrogens (tertiary/aromatic N) is 4. The molecule has 1 aliphatic rings. The molecule has 2 aromatic heterocycles. The molecule has 0 saturated carbocycles. The summed E-state index contributed by atoms with van der Waals surface area (Å²) in [6.07, 6.45) is 1.83. The van der Waals surface area contributed by atoms with E-state index in [9.17, 15) is 0 Å². The number of imidazole rings is 1. The van der Waals surface area contributed by atoms with Gasteiger partial charge in [0, 0.05) is 32.1 Å². The molecule has 6 nitrogen and oxygen atoms in total. The minimum Gasteiger partial charge on any atom is -0.379 e. The van der Waals surface area contributed by atoms with Crippen molar-refractivity contribution in [2.75, 3.05) is 32.8 Å². The van der Waals surface area contributed by atoms with Gasteiger partial charge in [-0.05, 0) is 0 Å². The normalized spacial score (nSPS) is 18.3. The summed E-state index contributed by atoms with van der Waals surface area (Å²) < 4.78 is 7.20. The number of hydrogen-bond donors (Lipinski definition) is 1. The van der Waals surface area contributed by atoms with Gasteiger partial charge in [0.2, 0.25) is 0 Å². The molecule has 0 amide bonds. The molecule has 0 aromatic carbocycles. The van der Waals surface area contributed by atoms with Crippen molar-refractivity contribution in [1.29, 1.82) is 0 Å². The van der Waals surface area contributed by atoms with Crippen LogP contribution in [-0.2, 0) is 17.2 Å². The number of aromatic amines is 1. The van der Waals surface area contributed by atoms with Crippen LogP contribution in [0.5, 0.6) is 0 Å². The Hall–Kier alpha value is -1.40. The lowest BCUT2D eigenvalue weighted by molar-refractivity contribution is 0.0290. The molecule has 0 spiro atoms. The number of ether oxygens (including phenoxy) is 1. The topological polar surface area (TPSA) is 59.0 Å². The van der Waals surface area contributed by atoms with Gasteiger partial charge in [0.15, 0.2) is 5.65 Å². The Kier molecular flexibility index (Phi) is 3.06. The smallest absolute Gasteiger partial charge is 0.176 e. The van der Waals surface area contributed by atoms with Gasteiger partial charge in [-0.2, -0.15) is 5.10 Å². The highest BCUT2D eigenvalue weighted by atomic mass is 16.5. The average molecular weight is 263 g/mol. The lowest BCUT2D eigenvalue weighted by Gasteiger charge is -2.33.